The summed E-state index contributed by atoms with van der Waals surface area (Å²) in [5.41, 5.74) is 2.22. The number of benzene rings is 2. The normalized spacial score (nSPS) is 10.7. The average Bonchev–Trinajstić information content (AvgIpc) is 3.03. The Balaban J connectivity index is 1.82. The number of allylic oxidation sites excluding steroid dienone is 1. The first-order valence-electron chi connectivity index (χ1n) is 8.28. The van der Waals surface area contributed by atoms with Gasteiger partial charge >= 0.3 is 0 Å². The lowest BCUT2D eigenvalue weighted by molar-refractivity contribution is 0.102. The third-order valence-electron chi connectivity index (χ3n) is 3.92. The zero-order chi connectivity index (χ0) is 19.4. The van der Waals surface area contributed by atoms with E-state index >= 15 is 0 Å². The predicted octanol–water partition coefficient (Wildman–Crippen LogP) is 3.83. The molecule has 0 amide bonds. The number of aromatic nitrogens is 3. The summed E-state index contributed by atoms with van der Waals surface area (Å²) in [5, 5.41) is 28.3. The highest BCUT2D eigenvalue weighted by molar-refractivity contribution is 7.99. The zero-order valence-corrected chi connectivity index (χ0v) is 15.6. The predicted molar refractivity (Wildman–Crippen MR) is 105 cm³/mol. The van der Waals surface area contributed by atoms with Crippen molar-refractivity contribution in [1.29, 1.82) is 0 Å². The highest BCUT2D eigenvalue weighted by Gasteiger charge is 2.17. The van der Waals surface area contributed by atoms with Crippen molar-refractivity contribution < 1.29 is 15.0 Å². The number of thioether (sulfide) groups is 1. The van der Waals surface area contributed by atoms with Gasteiger partial charge in [-0.05, 0) is 25.1 Å². The van der Waals surface area contributed by atoms with Crippen LogP contribution in [0.15, 0.2) is 60.3 Å². The van der Waals surface area contributed by atoms with Gasteiger partial charge in [0.05, 0.1) is 11.3 Å². The van der Waals surface area contributed by atoms with E-state index < -0.39 is 0 Å². The Morgan fingerprint density at radius 3 is 2.74 bits per heavy atom. The van der Waals surface area contributed by atoms with E-state index in [-0.39, 0.29) is 28.6 Å². The van der Waals surface area contributed by atoms with Gasteiger partial charge in [-0.1, -0.05) is 41.6 Å². The van der Waals surface area contributed by atoms with Crippen LogP contribution in [0, 0.1) is 6.92 Å². The van der Waals surface area contributed by atoms with Crippen LogP contribution in [0.4, 0.5) is 0 Å². The van der Waals surface area contributed by atoms with Gasteiger partial charge in [0.1, 0.15) is 11.5 Å². The highest BCUT2D eigenvalue weighted by Crippen LogP contribution is 2.27. The molecule has 7 heteroatoms. The maximum absolute atomic E-state index is 12.4. The fraction of sp³-hybridized carbons (Fsp3) is 0.150. The van der Waals surface area contributed by atoms with Crippen LogP contribution in [-0.2, 0) is 6.54 Å². The van der Waals surface area contributed by atoms with Gasteiger partial charge in [0.15, 0.2) is 16.8 Å². The lowest BCUT2D eigenvalue weighted by Gasteiger charge is -2.08. The van der Waals surface area contributed by atoms with Gasteiger partial charge < -0.3 is 10.2 Å². The second-order valence-corrected chi connectivity index (χ2v) is 6.93. The van der Waals surface area contributed by atoms with Crippen LogP contribution < -0.4 is 0 Å². The Kier molecular flexibility index (Phi) is 5.61. The highest BCUT2D eigenvalue weighted by atomic mass is 32.2. The molecule has 2 N–H and O–H groups in total. The first kappa shape index (κ1) is 18.7. The van der Waals surface area contributed by atoms with Crippen molar-refractivity contribution in [3.8, 4) is 22.9 Å². The third-order valence-corrected chi connectivity index (χ3v) is 4.89. The van der Waals surface area contributed by atoms with Gasteiger partial charge in [-0.15, -0.1) is 16.8 Å². The second kappa shape index (κ2) is 8.09. The number of phenols is 2. The number of hydrogen-bond acceptors (Lipinski definition) is 6. The molecule has 3 rings (SSSR count). The van der Waals surface area contributed by atoms with Crippen LogP contribution in [0.1, 0.15) is 15.9 Å². The molecular formula is C20H19N3O3S. The van der Waals surface area contributed by atoms with Crippen molar-refractivity contribution in [2.45, 2.75) is 18.6 Å². The van der Waals surface area contributed by atoms with Crippen molar-refractivity contribution >= 4 is 17.5 Å². The number of aromatic hydroxyl groups is 2. The largest absolute Gasteiger partial charge is 0.508 e. The van der Waals surface area contributed by atoms with Crippen LogP contribution in [0.2, 0.25) is 0 Å². The molecule has 0 atom stereocenters. The molecule has 1 aromatic heterocycles. The molecule has 6 nitrogen and oxygen atoms in total. The Morgan fingerprint density at radius 1 is 1.22 bits per heavy atom. The molecule has 0 unspecified atom stereocenters. The SMILES string of the molecule is C=CCn1c(SCC(=O)c2ccc(O)cc2O)nnc1-c1cccc(C)c1. The number of Topliss-reactive ketones (excluding diaryl/α,β-unsaturated/α-hetero) is 1. The number of carbonyl (C=O) groups excluding carboxylic acids is 1. The number of ketones is 1. The van der Waals surface area contributed by atoms with E-state index in [4.69, 9.17) is 0 Å². The fourth-order valence-electron chi connectivity index (χ4n) is 2.65. The van der Waals surface area contributed by atoms with Crippen LogP contribution in [-0.4, -0.2) is 36.5 Å². The lowest BCUT2D eigenvalue weighted by Crippen LogP contribution is -2.05. The molecule has 2 aromatic carbocycles. The first-order chi connectivity index (χ1) is 13.0. The van der Waals surface area contributed by atoms with Gasteiger partial charge in [0.2, 0.25) is 0 Å². The maximum atomic E-state index is 12.4. The summed E-state index contributed by atoms with van der Waals surface area (Å²) in [6, 6.07) is 11.9. The van der Waals surface area contributed by atoms with Crippen LogP contribution in [0.5, 0.6) is 11.5 Å². The second-order valence-electron chi connectivity index (χ2n) is 5.99. The standard InChI is InChI=1S/C20H19N3O3S/c1-3-9-23-19(14-6-4-5-13(2)10-14)21-22-20(23)27-12-18(26)16-8-7-15(24)11-17(16)25/h3-8,10-11,24-25H,1,9,12H2,2H3. The van der Waals surface area contributed by atoms with E-state index in [9.17, 15) is 15.0 Å². The van der Waals surface area contributed by atoms with E-state index in [0.717, 1.165) is 17.2 Å². The topological polar surface area (TPSA) is 88.2 Å². The van der Waals surface area contributed by atoms with Crippen molar-refractivity contribution in [3.63, 3.8) is 0 Å². The number of nitrogens with zero attached hydrogens (tertiary/aromatic N) is 3. The molecule has 0 saturated heterocycles. The van der Waals surface area contributed by atoms with Crippen LogP contribution in [0.25, 0.3) is 11.4 Å². The summed E-state index contributed by atoms with van der Waals surface area (Å²) < 4.78 is 1.90. The minimum atomic E-state index is -0.261. The van der Waals surface area contributed by atoms with Crippen molar-refractivity contribution in [1.82, 2.24) is 14.8 Å². The molecule has 0 spiro atoms. The third kappa shape index (κ3) is 4.20. The Labute approximate surface area is 161 Å². The minimum Gasteiger partial charge on any atom is -0.508 e. The molecule has 0 saturated carbocycles. The zero-order valence-electron chi connectivity index (χ0n) is 14.8. The van der Waals surface area contributed by atoms with E-state index in [2.05, 4.69) is 16.8 Å². The molecule has 1 heterocycles. The average molecular weight is 381 g/mol. The summed E-state index contributed by atoms with van der Waals surface area (Å²) in [5.74, 6) is 0.198. The van der Waals surface area contributed by atoms with Crippen molar-refractivity contribution in [2.75, 3.05) is 5.75 Å². The lowest BCUT2D eigenvalue weighted by atomic mass is 10.1. The molecule has 0 aliphatic rings. The molecule has 0 fully saturated rings. The van der Waals surface area contributed by atoms with E-state index in [1.165, 1.54) is 23.9 Å². The first-order valence-corrected chi connectivity index (χ1v) is 9.27. The van der Waals surface area contributed by atoms with Crippen molar-refractivity contribution in [3.05, 3.63) is 66.2 Å². The van der Waals surface area contributed by atoms with Gasteiger partial charge in [0, 0.05) is 18.2 Å². The summed E-state index contributed by atoms with van der Waals surface area (Å²) in [6.07, 6.45) is 1.75. The number of aryl methyl sites for hydroxylation is 1. The van der Waals surface area contributed by atoms with Crippen LogP contribution >= 0.6 is 11.8 Å². The van der Waals surface area contributed by atoms with Crippen LogP contribution in [0.3, 0.4) is 0 Å². The number of phenolic OH excluding ortho intramolecular Hbond substituents is 2. The molecule has 27 heavy (non-hydrogen) atoms. The summed E-state index contributed by atoms with van der Waals surface area (Å²) in [4.78, 5) is 12.4. The summed E-state index contributed by atoms with van der Waals surface area (Å²) in [6.45, 7) is 6.30. The summed E-state index contributed by atoms with van der Waals surface area (Å²) >= 11 is 1.24. The molecular weight excluding hydrogens is 362 g/mol. The quantitative estimate of drug-likeness (QED) is 0.367. The van der Waals surface area contributed by atoms with E-state index in [1.54, 1.807) is 6.08 Å². The fourth-order valence-corrected chi connectivity index (χ4v) is 3.48. The Hall–Kier alpha value is -3.06. The molecule has 3 aromatic rings. The van der Waals surface area contributed by atoms with Crippen molar-refractivity contribution in [2.24, 2.45) is 0 Å². The van der Waals surface area contributed by atoms with E-state index in [1.807, 2.05) is 35.8 Å². The Bertz CT molecular complexity index is 998. The smallest absolute Gasteiger partial charge is 0.192 e. The monoisotopic (exact) mass is 381 g/mol. The molecule has 0 bridgehead atoms. The molecule has 0 radical (unpaired) electrons. The molecule has 0 aliphatic heterocycles. The van der Waals surface area contributed by atoms with Gasteiger partial charge in [-0.25, -0.2) is 0 Å². The number of rotatable bonds is 7. The minimum absolute atomic E-state index is 0.0848. The van der Waals surface area contributed by atoms with Gasteiger partial charge in [-0.3, -0.25) is 9.36 Å². The molecule has 0 aliphatic carbocycles. The molecule has 138 valence electrons. The van der Waals surface area contributed by atoms with Gasteiger partial charge in [0.25, 0.3) is 0 Å². The summed E-state index contributed by atoms with van der Waals surface area (Å²) in [7, 11) is 0. The Morgan fingerprint density at radius 2 is 2.04 bits per heavy atom. The number of carbonyl (C=O) groups is 1. The maximum Gasteiger partial charge on any atom is 0.192 e. The van der Waals surface area contributed by atoms with Gasteiger partial charge in [-0.2, -0.15) is 0 Å². The number of hydrogen-bond donors (Lipinski definition) is 2. The van der Waals surface area contributed by atoms with E-state index in [0.29, 0.717) is 17.5 Å².